The predicted molar refractivity (Wildman–Crippen MR) is 117 cm³/mol. The van der Waals surface area contributed by atoms with E-state index in [9.17, 15) is 14.9 Å². The van der Waals surface area contributed by atoms with E-state index in [1.165, 1.54) is 24.3 Å². The van der Waals surface area contributed by atoms with Gasteiger partial charge in [-0.15, -0.1) is 11.8 Å². The summed E-state index contributed by atoms with van der Waals surface area (Å²) in [5.74, 6) is 1.50. The smallest absolute Gasteiger partial charge is 0.269 e. The van der Waals surface area contributed by atoms with Gasteiger partial charge in [0.2, 0.25) is 0 Å². The number of carbonyl (C=O) groups is 1. The van der Waals surface area contributed by atoms with Crippen molar-refractivity contribution in [3.63, 3.8) is 0 Å². The third kappa shape index (κ3) is 4.46. The summed E-state index contributed by atoms with van der Waals surface area (Å²) >= 11 is 1.71. The number of ether oxygens (including phenoxy) is 1. The van der Waals surface area contributed by atoms with Crippen molar-refractivity contribution in [2.75, 3.05) is 12.3 Å². The topological polar surface area (TPSA) is 72.7 Å². The summed E-state index contributed by atoms with van der Waals surface area (Å²) in [5.41, 5.74) is 2.56. The highest BCUT2D eigenvalue weighted by atomic mass is 32.2. The molecule has 1 aliphatic rings. The van der Waals surface area contributed by atoms with E-state index in [1.807, 2.05) is 59.5 Å². The molecule has 0 N–H and O–H groups in total. The van der Waals surface area contributed by atoms with Gasteiger partial charge < -0.3 is 9.64 Å². The summed E-state index contributed by atoms with van der Waals surface area (Å²) in [6.45, 7) is 1.14. The average Bonchev–Trinajstić information content (AvgIpc) is 3.28. The van der Waals surface area contributed by atoms with Crippen LogP contribution in [0.5, 0.6) is 5.75 Å². The Morgan fingerprint density at radius 2 is 1.73 bits per heavy atom. The summed E-state index contributed by atoms with van der Waals surface area (Å²) < 4.78 is 5.84. The highest BCUT2D eigenvalue weighted by molar-refractivity contribution is 7.99. The number of thioether (sulfide) groups is 1. The molecule has 4 rings (SSSR count). The molecular weight excluding hydrogens is 400 g/mol. The molecule has 0 aromatic heterocycles. The molecule has 1 amide bonds. The molecule has 1 aliphatic heterocycles. The number of amides is 1. The Morgan fingerprint density at radius 1 is 1.03 bits per heavy atom. The second-order valence-electron chi connectivity index (χ2n) is 6.87. The van der Waals surface area contributed by atoms with Gasteiger partial charge in [0.25, 0.3) is 11.6 Å². The third-order valence-corrected chi connectivity index (χ3v) is 6.15. The number of carbonyl (C=O) groups excluding carboxylic acids is 1. The molecule has 1 atom stereocenters. The van der Waals surface area contributed by atoms with Gasteiger partial charge in [-0.3, -0.25) is 14.9 Å². The summed E-state index contributed by atoms with van der Waals surface area (Å²) in [5, 5.41) is 10.7. The van der Waals surface area contributed by atoms with E-state index in [4.69, 9.17) is 4.74 Å². The molecule has 0 radical (unpaired) electrons. The zero-order valence-electron chi connectivity index (χ0n) is 16.1. The van der Waals surface area contributed by atoms with Crippen LogP contribution in [0.15, 0.2) is 78.9 Å². The van der Waals surface area contributed by atoms with Gasteiger partial charge in [-0.1, -0.05) is 42.5 Å². The Kier molecular flexibility index (Phi) is 5.99. The first kappa shape index (κ1) is 20.0. The third-order valence-electron chi connectivity index (χ3n) is 4.89. The van der Waals surface area contributed by atoms with Crippen LogP contribution in [0.4, 0.5) is 5.69 Å². The SMILES string of the molecule is O=C(c1ccc([N+](=O)[O-])cc1)N1CCS[C@H]1c1ccc(OCc2ccccc2)cc1. The van der Waals surface area contributed by atoms with E-state index in [2.05, 4.69) is 0 Å². The Balaban J connectivity index is 1.43. The molecule has 0 saturated carbocycles. The number of non-ortho nitro benzene ring substituents is 1. The van der Waals surface area contributed by atoms with Crippen molar-refractivity contribution in [2.24, 2.45) is 0 Å². The quantitative estimate of drug-likeness (QED) is 0.412. The van der Waals surface area contributed by atoms with E-state index in [0.717, 1.165) is 22.6 Å². The second-order valence-corrected chi connectivity index (χ2v) is 8.06. The first-order valence-electron chi connectivity index (χ1n) is 9.55. The maximum Gasteiger partial charge on any atom is 0.269 e. The lowest BCUT2D eigenvalue weighted by atomic mass is 10.1. The van der Waals surface area contributed by atoms with Gasteiger partial charge in [0, 0.05) is 30.0 Å². The Hall–Kier alpha value is -3.32. The standard InChI is InChI=1S/C23H20N2O4S/c26-22(18-6-10-20(11-7-18)25(27)28)24-14-15-30-23(24)19-8-12-21(13-9-19)29-16-17-4-2-1-3-5-17/h1-13,23H,14-16H2/t23-/m0/s1. The van der Waals surface area contributed by atoms with Gasteiger partial charge in [0.15, 0.2) is 0 Å². The molecule has 7 heteroatoms. The summed E-state index contributed by atoms with van der Waals surface area (Å²) in [4.78, 5) is 25.1. The van der Waals surface area contributed by atoms with Gasteiger partial charge in [0.05, 0.1) is 4.92 Å². The number of nitro benzene ring substituents is 1. The van der Waals surface area contributed by atoms with Gasteiger partial charge in [0.1, 0.15) is 17.7 Å². The van der Waals surface area contributed by atoms with Crippen LogP contribution < -0.4 is 4.74 Å². The van der Waals surface area contributed by atoms with Crippen molar-refractivity contribution < 1.29 is 14.5 Å². The summed E-state index contributed by atoms with van der Waals surface area (Å²) in [6, 6.07) is 23.6. The number of benzene rings is 3. The molecule has 0 spiro atoms. The Morgan fingerprint density at radius 3 is 2.40 bits per heavy atom. The summed E-state index contributed by atoms with van der Waals surface area (Å²) in [7, 11) is 0. The fourth-order valence-corrected chi connectivity index (χ4v) is 4.57. The monoisotopic (exact) mass is 420 g/mol. The minimum atomic E-state index is -0.468. The number of rotatable bonds is 6. The lowest BCUT2D eigenvalue weighted by molar-refractivity contribution is -0.384. The van der Waals surface area contributed by atoms with Crippen molar-refractivity contribution in [3.8, 4) is 5.75 Å². The van der Waals surface area contributed by atoms with Gasteiger partial charge in [-0.2, -0.15) is 0 Å². The maximum absolute atomic E-state index is 13.0. The minimum Gasteiger partial charge on any atom is -0.489 e. The first-order valence-corrected chi connectivity index (χ1v) is 10.6. The van der Waals surface area contributed by atoms with E-state index in [0.29, 0.717) is 18.7 Å². The fraction of sp³-hybridized carbons (Fsp3) is 0.174. The normalized spacial score (nSPS) is 15.7. The van der Waals surface area contributed by atoms with Crippen LogP contribution in [-0.4, -0.2) is 28.0 Å². The fourth-order valence-electron chi connectivity index (χ4n) is 3.32. The van der Waals surface area contributed by atoms with Crippen LogP contribution in [0.3, 0.4) is 0 Å². The van der Waals surface area contributed by atoms with E-state index < -0.39 is 4.92 Å². The van der Waals surface area contributed by atoms with E-state index >= 15 is 0 Å². The largest absolute Gasteiger partial charge is 0.489 e. The average molecular weight is 420 g/mol. The van der Waals surface area contributed by atoms with Gasteiger partial charge in [-0.05, 0) is 35.4 Å². The molecule has 0 unspecified atom stereocenters. The van der Waals surface area contributed by atoms with Crippen molar-refractivity contribution in [1.29, 1.82) is 0 Å². The van der Waals surface area contributed by atoms with Crippen molar-refractivity contribution in [2.45, 2.75) is 12.0 Å². The molecule has 1 saturated heterocycles. The molecule has 3 aromatic rings. The molecule has 6 nitrogen and oxygen atoms in total. The molecule has 30 heavy (non-hydrogen) atoms. The zero-order valence-corrected chi connectivity index (χ0v) is 17.0. The molecule has 0 aliphatic carbocycles. The van der Waals surface area contributed by atoms with E-state index in [-0.39, 0.29) is 17.0 Å². The van der Waals surface area contributed by atoms with Crippen LogP contribution in [0.2, 0.25) is 0 Å². The molecule has 1 heterocycles. The molecule has 0 bridgehead atoms. The number of hydrogen-bond donors (Lipinski definition) is 0. The maximum atomic E-state index is 13.0. The lowest BCUT2D eigenvalue weighted by Crippen LogP contribution is -2.30. The van der Waals surface area contributed by atoms with Crippen molar-refractivity contribution >= 4 is 23.4 Å². The highest BCUT2D eigenvalue weighted by Crippen LogP contribution is 2.39. The Labute approximate surface area is 178 Å². The minimum absolute atomic E-state index is 0.0232. The molecule has 3 aromatic carbocycles. The lowest BCUT2D eigenvalue weighted by Gasteiger charge is -2.24. The summed E-state index contributed by atoms with van der Waals surface area (Å²) in [6.07, 6.45) is 0. The predicted octanol–water partition coefficient (Wildman–Crippen LogP) is 5.06. The number of nitrogens with zero attached hydrogens (tertiary/aromatic N) is 2. The zero-order chi connectivity index (χ0) is 20.9. The number of hydrogen-bond acceptors (Lipinski definition) is 5. The van der Waals surface area contributed by atoms with Crippen molar-refractivity contribution in [1.82, 2.24) is 4.90 Å². The van der Waals surface area contributed by atoms with E-state index in [1.54, 1.807) is 11.8 Å². The van der Waals surface area contributed by atoms with Crippen LogP contribution in [0, 0.1) is 10.1 Å². The first-order chi connectivity index (χ1) is 14.6. The van der Waals surface area contributed by atoms with Crippen LogP contribution in [-0.2, 0) is 6.61 Å². The van der Waals surface area contributed by atoms with Crippen LogP contribution >= 0.6 is 11.8 Å². The molecular formula is C23H20N2O4S. The molecule has 1 fully saturated rings. The van der Waals surface area contributed by atoms with Gasteiger partial charge in [-0.25, -0.2) is 0 Å². The Bertz CT molecular complexity index is 1020. The van der Waals surface area contributed by atoms with Crippen LogP contribution in [0.25, 0.3) is 0 Å². The van der Waals surface area contributed by atoms with Gasteiger partial charge >= 0.3 is 0 Å². The van der Waals surface area contributed by atoms with Crippen LogP contribution in [0.1, 0.15) is 26.9 Å². The highest BCUT2D eigenvalue weighted by Gasteiger charge is 2.31. The number of nitro groups is 1. The van der Waals surface area contributed by atoms with Crippen molar-refractivity contribution in [3.05, 3.63) is 106 Å². The molecule has 152 valence electrons. The second kappa shape index (κ2) is 9.00.